The zero-order chi connectivity index (χ0) is 12.1. The summed E-state index contributed by atoms with van der Waals surface area (Å²) in [5.41, 5.74) is 2.21. The Hall–Kier alpha value is -1.80. The Morgan fingerprint density at radius 2 is 2.06 bits per heavy atom. The molecule has 1 aromatic carbocycles. The maximum atomic E-state index is 5.91. The van der Waals surface area contributed by atoms with E-state index in [2.05, 4.69) is 29.0 Å². The molecular weight excluding hydrogens is 232 g/mol. The summed E-state index contributed by atoms with van der Waals surface area (Å²) in [4.78, 5) is 4.06. The van der Waals surface area contributed by atoms with Crippen LogP contribution in [0.3, 0.4) is 0 Å². The van der Waals surface area contributed by atoms with Crippen molar-refractivity contribution in [2.75, 3.05) is 0 Å². The molecule has 0 bridgehead atoms. The fourth-order valence-corrected chi connectivity index (χ4v) is 1.84. The van der Waals surface area contributed by atoms with E-state index >= 15 is 0 Å². The van der Waals surface area contributed by atoms with Crippen LogP contribution in [-0.4, -0.2) is 5.29 Å². The van der Waals surface area contributed by atoms with Gasteiger partial charge in [0.1, 0.15) is 0 Å². The fourth-order valence-electron chi connectivity index (χ4n) is 1.69. The summed E-state index contributed by atoms with van der Waals surface area (Å²) in [6.45, 7) is 3.66. The van der Waals surface area contributed by atoms with E-state index in [0.29, 0.717) is 5.29 Å². The number of allylic oxidation sites excluding steroid dienone is 2. The van der Waals surface area contributed by atoms with Crippen LogP contribution in [0.2, 0.25) is 0 Å². The Morgan fingerprint density at radius 3 is 2.76 bits per heavy atom. The standard InChI is InChI=1S/C14H13ClN2/c1-2-3-7-12-10-16-14(15)17-13(12)11-8-5-4-6-9-11/h2-10,13H,1H2,(H,16,17)/b7-3-. The van der Waals surface area contributed by atoms with Gasteiger partial charge in [0.15, 0.2) is 5.29 Å². The Labute approximate surface area is 106 Å². The van der Waals surface area contributed by atoms with Crippen LogP contribution in [0.5, 0.6) is 0 Å². The van der Waals surface area contributed by atoms with Crippen molar-refractivity contribution in [2.45, 2.75) is 6.04 Å². The van der Waals surface area contributed by atoms with Crippen LogP contribution in [0.25, 0.3) is 0 Å². The number of rotatable bonds is 3. The number of hydrogen-bond acceptors (Lipinski definition) is 2. The van der Waals surface area contributed by atoms with Crippen LogP contribution in [0.15, 0.2) is 71.9 Å². The molecular formula is C14H13ClN2. The van der Waals surface area contributed by atoms with Crippen molar-refractivity contribution in [3.8, 4) is 0 Å². The molecule has 0 fully saturated rings. The molecule has 1 aliphatic heterocycles. The zero-order valence-corrected chi connectivity index (χ0v) is 10.1. The van der Waals surface area contributed by atoms with Crippen molar-refractivity contribution in [3.05, 3.63) is 72.5 Å². The van der Waals surface area contributed by atoms with Gasteiger partial charge in [-0.1, -0.05) is 55.1 Å². The molecule has 0 radical (unpaired) electrons. The lowest BCUT2D eigenvalue weighted by molar-refractivity contribution is 0.753. The third-order valence-electron chi connectivity index (χ3n) is 2.48. The van der Waals surface area contributed by atoms with Gasteiger partial charge in [0.2, 0.25) is 0 Å². The molecule has 0 aromatic heterocycles. The molecule has 0 saturated heterocycles. The molecule has 1 aromatic rings. The maximum absolute atomic E-state index is 5.91. The minimum Gasteiger partial charge on any atom is -0.349 e. The van der Waals surface area contributed by atoms with Crippen LogP contribution < -0.4 is 5.32 Å². The topological polar surface area (TPSA) is 24.4 Å². The predicted octanol–water partition coefficient (Wildman–Crippen LogP) is 3.55. The van der Waals surface area contributed by atoms with Crippen LogP contribution in [0, 0.1) is 0 Å². The highest BCUT2D eigenvalue weighted by molar-refractivity contribution is 6.64. The first-order valence-corrected chi connectivity index (χ1v) is 5.73. The van der Waals surface area contributed by atoms with Crippen molar-refractivity contribution in [1.82, 2.24) is 5.32 Å². The summed E-state index contributed by atoms with van der Waals surface area (Å²) >= 11 is 5.91. The summed E-state index contributed by atoms with van der Waals surface area (Å²) in [5.74, 6) is 0. The number of nitrogens with one attached hydrogen (secondary N) is 1. The molecule has 1 aliphatic rings. The Kier molecular flexibility index (Phi) is 3.78. The fraction of sp³-hybridized carbons (Fsp3) is 0.0714. The van der Waals surface area contributed by atoms with E-state index in [4.69, 9.17) is 11.6 Å². The largest absolute Gasteiger partial charge is 0.349 e. The number of nitrogens with zero attached hydrogens (tertiary/aromatic N) is 1. The SMILES string of the molecule is C=C/C=C\C1=CN=C(Cl)NC1c1ccccc1. The molecule has 0 spiro atoms. The number of hydrogen-bond donors (Lipinski definition) is 1. The average Bonchev–Trinajstić information content (AvgIpc) is 2.38. The first-order valence-electron chi connectivity index (χ1n) is 5.35. The number of amidine groups is 1. The smallest absolute Gasteiger partial charge is 0.196 e. The van der Waals surface area contributed by atoms with Gasteiger partial charge in [0.05, 0.1) is 6.04 Å². The van der Waals surface area contributed by atoms with Gasteiger partial charge in [-0.2, -0.15) is 0 Å². The monoisotopic (exact) mass is 244 g/mol. The molecule has 86 valence electrons. The van der Waals surface area contributed by atoms with Crippen LogP contribution in [-0.2, 0) is 0 Å². The normalized spacial score (nSPS) is 19.5. The molecule has 1 atom stereocenters. The molecule has 2 nitrogen and oxygen atoms in total. The van der Waals surface area contributed by atoms with E-state index in [1.54, 1.807) is 12.3 Å². The molecule has 0 saturated carbocycles. The van der Waals surface area contributed by atoms with E-state index in [1.165, 1.54) is 0 Å². The summed E-state index contributed by atoms with van der Waals surface area (Å²) in [7, 11) is 0. The molecule has 0 amide bonds. The van der Waals surface area contributed by atoms with Crippen molar-refractivity contribution in [3.63, 3.8) is 0 Å². The predicted molar refractivity (Wildman–Crippen MR) is 73.0 cm³/mol. The zero-order valence-electron chi connectivity index (χ0n) is 9.31. The van der Waals surface area contributed by atoms with Crippen LogP contribution in [0.4, 0.5) is 0 Å². The van der Waals surface area contributed by atoms with E-state index in [-0.39, 0.29) is 6.04 Å². The molecule has 17 heavy (non-hydrogen) atoms. The summed E-state index contributed by atoms with van der Waals surface area (Å²) in [6, 6.07) is 10.2. The summed E-state index contributed by atoms with van der Waals surface area (Å²) in [5, 5.41) is 3.56. The van der Waals surface area contributed by atoms with Gasteiger partial charge in [-0.25, -0.2) is 4.99 Å². The third-order valence-corrected chi connectivity index (χ3v) is 2.69. The average molecular weight is 245 g/mol. The van der Waals surface area contributed by atoms with Gasteiger partial charge in [0.25, 0.3) is 0 Å². The maximum Gasteiger partial charge on any atom is 0.196 e. The van der Waals surface area contributed by atoms with Crippen molar-refractivity contribution < 1.29 is 0 Å². The van der Waals surface area contributed by atoms with Gasteiger partial charge in [0, 0.05) is 6.20 Å². The van der Waals surface area contributed by atoms with E-state index < -0.39 is 0 Å². The first-order chi connectivity index (χ1) is 8.31. The van der Waals surface area contributed by atoms with E-state index in [0.717, 1.165) is 11.1 Å². The van der Waals surface area contributed by atoms with Crippen molar-refractivity contribution in [1.29, 1.82) is 0 Å². The summed E-state index contributed by atoms with van der Waals surface area (Å²) < 4.78 is 0. The quantitative estimate of drug-likeness (QED) is 0.638. The van der Waals surface area contributed by atoms with Crippen LogP contribution >= 0.6 is 11.6 Å². The lowest BCUT2D eigenvalue weighted by Crippen LogP contribution is -2.28. The van der Waals surface area contributed by atoms with Crippen LogP contribution in [0.1, 0.15) is 11.6 Å². The van der Waals surface area contributed by atoms with Crippen molar-refractivity contribution in [2.24, 2.45) is 4.99 Å². The van der Waals surface area contributed by atoms with Gasteiger partial charge in [-0.3, -0.25) is 0 Å². The van der Waals surface area contributed by atoms with Gasteiger partial charge >= 0.3 is 0 Å². The second-order valence-corrected chi connectivity index (χ2v) is 3.99. The highest BCUT2D eigenvalue weighted by atomic mass is 35.5. The van der Waals surface area contributed by atoms with E-state index in [9.17, 15) is 0 Å². The number of benzene rings is 1. The number of halogens is 1. The first kappa shape index (κ1) is 11.7. The Morgan fingerprint density at radius 1 is 1.29 bits per heavy atom. The minimum atomic E-state index is 0.0393. The highest BCUT2D eigenvalue weighted by Gasteiger charge is 2.18. The highest BCUT2D eigenvalue weighted by Crippen LogP contribution is 2.25. The van der Waals surface area contributed by atoms with Gasteiger partial charge in [-0.15, -0.1) is 0 Å². The lowest BCUT2D eigenvalue weighted by atomic mass is 9.98. The third kappa shape index (κ3) is 2.86. The lowest BCUT2D eigenvalue weighted by Gasteiger charge is -2.22. The molecule has 0 aliphatic carbocycles. The second kappa shape index (κ2) is 5.51. The van der Waals surface area contributed by atoms with Gasteiger partial charge in [-0.05, 0) is 22.7 Å². The molecule has 1 N–H and O–H groups in total. The summed E-state index contributed by atoms with van der Waals surface area (Å²) in [6.07, 6.45) is 7.38. The molecule has 2 rings (SSSR count). The Bertz CT molecular complexity index is 486. The number of aliphatic imine (C=N–C) groups is 1. The second-order valence-electron chi connectivity index (χ2n) is 3.63. The van der Waals surface area contributed by atoms with Crippen molar-refractivity contribution >= 4 is 16.9 Å². The Balaban J connectivity index is 2.32. The van der Waals surface area contributed by atoms with Gasteiger partial charge < -0.3 is 5.32 Å². The minimum absolute atomic E-state index is 0.0393. The molecule has 1 heterocycles. The van der Waals surface area contributed by atoms with E-state index in [1.807, 2.05) is 30.4 Å². The molecule has 3 heteroatoms. The molecule has 1 unspecified atom stereocenters.